The summed E-state index contributed by atoms with van der Waals surface area (Å²) in [4.78, 5) is 12.1. The molecule has 1 saturated heterocycles. The maximum absolute atomic E-state index is 12.1. The molecule has 1 fully saturated rings. The molecular weight excluding hydrogens is 271 g/mol. The summed E-state index contributed by atoms with van der Waals surface area (Å²) in [5.41, 5.74) is 0.602. The van der Waals surface area contributed by atoms with E-state index in [1.165, 1.54) is 0 Å². The van der Waals surface area contributed by atoms with Crippen molar-refractivity contribution in [2.45, 2.75) is 25.8 Å². The summed E-state index contributed by atoms with van der Waals surface area (Å²) in [6.07, 6.45) is 2.19. The van der Waals surface area contributed by atoms with Crippen molar-refractivity contribution in [3.05, 3.63) is 28.2 Å². The predicted molar refractivity (Wildman–Crippen MR) is 75.3 cm³/mol. The topological polar surface area (TPSA) is 41.1 Å². The lowest BCUT2D eigenvalue weighted by atomic mass is 9.92. The van der Waals surface area contributed by atoms with Crippen LogP contribution in [0.3, 0.4) is 0 Å². The first-order valence-electron chi connectivity index (χ1n) is 6.07. The summed E-state index contributed by atoms with van der Waals surface area (Å²) in [6.45, 7) is 2.97. The van der Waals surface area contributed by atoms with Crippen molar-refractivity contribution in [2.24, 2.45) is 5.92 Å². The van der Waals surface area contributed by atoms with E-state index in [4.69, 9.17) is 23.2 Å². The molecule has 5 heteroatoms. The number of carbonyl (C=O) groups excluding carboxylic acids is 1. The van der Waals surface area contributed by atoms with E-state index in [0.29, 0.717) is 21.7 Å². The van der Waals surface area contributed by atoms with Crippen molar-refractivity contribution in [1.29, 1.82) is 0 Å². The van der Waals surface area contributed by atoms with Gasteiger partial charge in [0, 0.05) is 5.02 Å². The zero-order chi connectivity index (χ0) is 13.1. The van der Waals surface area contributed by atoms with E-state index in [0.717, 1.165) is 19.4 Å². The second-order valence-electron chi connectivity index (χ2n) is 4.66. The Labute approximate surface area is 117 Å². The number of benzene rings is 1. The molecule has 1 aromatic rings. The Hall–Kier alpha value is -0.770. The summed E-state index contributed by atoms with van der Waals surface area (Å²) >= 11 is 11.8. The maximum atomic E-state index is 12.1. The minimum Gasteiger partial charge on any atom is -0.323 e. The number of rotatable bonds is 2. The Balaban J connectivity index is 2.06. The molecule has 0 aliphatic carbocycles. The maximum Gasteiger partial charge on any atom is 0.241 e. The van der Waals surface area contributed by atoms with Gasteiger partial charge in [-0.2, -0.15) is 0 Å². The summed E-state index contributed by atoms with van der Waals surface area (Å²) in [5.74, 6) is 0.302. The van der Waals surface area contributed by atoms with Gasteiger partial charge in [-0.1, -0.05) is 30.1 Å². The van der Waals surface area contributed by atoms with Crippen LogP contribution >= 0.6 is 23.2 Å². The second kappa shape index (κ2) is 5.91. The number of carbonyl (C=O) groups is 1. The van der Waals surface area contributed by atoms with Crippen LogP contribution in [0.4, 0.5) is 5.69 Å². The van der Waals surface area contributed by atoms with Crippen LogP contribution < -0.4 is 10.6 Å². The molecule has 0 spiro atoms. The van der Waals surface area contributed by atoms with E-state index in [1.54, 1.807) is 18.2 Å². The van der Waals surface area contributed by atoms with Crippen molar-refractivity contribution in [3.8, 4) is 0 Å². The number of anilines is 1. The van der Waals surface area contributed by atoms with Crippen molar-refractivity contribution in [1.82, 2.24) is 5.32 Å². The third-order valence-electron chi connectivity index (χ3n) is 3.24. The van der Waals surface area contributed by atoms with Gasteiger partial charge < -0.3 is 10.6 Å². The summed E-state index contributed by atoms with van der Waals surface area (Å²) < 4.78 is 0. The molecule has 0 saturated carbocycles. The highest BCUT2D eigenvalue weighted by Gasteiger charge is 2.27. The van der Waals surface area contributed by atoms with Crippen LogP contribution in [0.25, 0.3) is 0 Å². The minimum absolute atomic E-state index is 0.0357. The molecule has 1 aromatic carbocycles. The van der Waals surface area contributed by atoms with Gasteiger partial charge in [-0.05, 0) is 43.5 Å². The zero-order valence-electron chi connectivity index (χ0n) is 10.2. The molecule has 2 rings (SSSR count). The quantitative estimate of drug-likeness (QED) is 0.876. The van der Waals surface area contributed by atoms with Gasteiger partial charge in [-0.15, -0.1) is 0 Å². The second-order valence-corrected chi connectivity index (χ2v) is 5.51. The van der Waals surface area contributed by atoms with Crippen molar-refractivity contribution >= 4 is 34.8 Å². The predicted octanol–water partition coefficient (Wildman–Crippen LogP) is 3.32. The summed E-state index contributed by atoms with van der Waals surface area (Å²) in [7, 11) is 0. The average Bonchev–Trinajstić information content (AvgIpc) is 2.33. The molecule has 1 heterocycles. The van der Waals surface area contributed by atoms with E-state index in [-0.39, 0.29) is 11.9 Å². The van der Waals surface area contributed by atoms with E-state index in [9.17, 15) is 4.79 Å². The lowest BCUT2D eigenvalue weighted by molar-refractivity contribution is -0.119. The molecule has 1 aliphatic heterocycles. The van der Waals surface area contributed by atoms with E-state index < -0.39 is 0 Å². The highest BCUT2D eigenvalue weighted by atomic mass is 35.5. The van der Waals surface area contributed by atoms with E-state index in [2.05, 4.69) is 17.6 Å². The number of halogens is 2. The number of amides is 1. The smallest absolute Gasteiger partial charge is 0.241 e. The molecule has 0 aromatic heterocycles. The fourth-order valence-corrected chi connectivity index (χ4v) is 2.66. The van der Waals surface area contributed by atoms with Crippen LogP contribution in [0, 0.1) is 5.92 Å². The first-order chi connectivity index (χ1) is 8.58. The lowest BCUT2D eigenvalue weighted by Gasteiger charge is -2.29. The molecule has 3 nitrogen and oxygen atoms in total. The molecule has 98 valence electrons. The van der Waals surface area contributed by atoms with Gasteiger partial charge in [0.25, 0.3) is 0 Å². The first kappa shape index (κ1) is 13.7. The Kier molecular flexibility index (Phi) is 4.49. The van der Waals surface area contributed by atoms with Gasteiger partial charge in [0.1, 0.15) is 0 Å². The average molecular weight is 287 g/mol. The van der Waals surface area contributed by atoms with Crippen molar-refractivity contribution in [3.63, 3.8) is 0 Å². The molecule has 2 N–H and O–H groups in total. The SMILES string of the molecule is CC1CCCNC1C(=O)Nc1ccc(Cl)cc1Cl. The van der Waals surface area contributed by atoms with Gasteiger partial charge in [0.15, 0.2) is 0 Å². The standard InChI is InChI=1S/C13H16Cl2N2O/c1-8-3-2-6-16-12(8)13(18)17-11-5-4-9(14)7-10(11)15/h4-5,7-8,12,16H,2-3,6H2,1H3,(H,17,18). The fourth-order valence-electron chi connectivity index (χ4n) is 2.20. The largest absolute Gasteiger partial charge is 0.323 e. The highest BCUT2D eigenvalue weighted by Crippen LogP contribution is 2.26. The van der Waals surface area contributed by atoms with Crippen LogP contribution in [0.2, 0.25) is 10.0 Å². The lowest BCUT2D eigenvalue weighted by Crippen LogP contribution is -2.48. The van der Waals surface area contributed by atoms with Crippen molar-refractivity contribution < 1.29 is 4.79 Å². The molecule has 2 atom stereocenters. The molecule has 0 bridgehead atoms. The Morgan fingerprint density at radius 3 is 2.89 bits per heavy atom. The Morgan fingerprint density at radius 1 is 1.44 bits per heavy atom. The van der Waals surface area contributed by atoms with Crippen molar-refractivity contribution in [2.75, 3.05) is 11.9 Å². The molecular formula is C13H16Cl2N2O. The van der Waals surface area contributed by atoms with Gasteiger partial charge >= 0.3 is 0 Å². The van der Waals surface area contributed by atoms with Gasteiger partial charge in [-0.3, -0.25) is 4.79 Å². The first-order valence-corrected chi connectivity index (χ1v) is 6.83. The van der Waals surface area contributed by atoms with Crippen LogP contribution in [-0.2, 0) is 4.79 Å². The van der Waals surface area contributed by atoms with E-state index >= 15 is 0 Å². The third kappa shape index (κ3) is 3.16. The monoisotopic (exact) mass is 286 g/mol. The summed E-state index contributed by atoms with van der Waals surface area (Å²) in [6, 6.07) is 4.90. The number of piperidine rings is 1. The van der Waals surface area contributed by atoms with Gasteiger partial charge in [-0.25, -0.2) is 0 Å². The van der Waals surface area contributed by atoms with Crippen LogP contribution in [0.5, 0.6) is 0 Å². The highest BCUT2D eigenvalue weighted by molar-refractivity contribution is 6.36. The van der Waals surface area contributed by atoms with Crippen LogP contribution in [0.1, 0.15) is 19.8 Å². The zero-order valence-corrected chi connectivity index (χ0v) is 11.7. The fraction of sp³-hybridized carbons (Fsp3) is 0.462. The van der Waals surface area contributed by atoms with Crippen LogP contribution in [0.15, 0.2) is 18.2 Å². The Bertz CT molecular complexity index is 451. The van der Waals surface area contributed by atoms with E-state index in [1.807, 2.05) is 0 Å². The number of hydrogen-bond donors (Lipinski definition) is 2. The normalized spacial score (nSPS) is 23.7. The molecule has 18 heavy (non-hydrogen) atoms. The minimum atomic E-state index is -0.148. The van der Waals surface area contributed by atoms with Crippen LogP contribution in [-0.4, -0.2) is 18.5 Å². The molecule has 1 amide bonds. The molecule has 0 radical (unpaired) electrons. The van der Waals surface area contributed by atoms with Gasteiger partial charge in [0.2, 0.25) is 5.91 Å². The number of nitrogens with one attached hydrogen (secondary N) is 2. The molecule has 1 aliphatic rings. The van der Waals surface area contributed by atoms with Gasteiger partial charge in [0.05, 0.1) is 16.8 Å². The summed E-state index contributed by atoms with van der Waals surface area (Å²) in [5, 5.41) is 7.10. The number of hydrogen-bond acceptors (Lipinski definition) is 2. The third-order valence-corrected chi connectivity index (χ3v) is 3.79. The molecule has 2 unspecified atom stereocenters. The Morgan fingerprint density at radius 2 is 2.22 bits per heavy atom.